The third-order valence-corrected chi connectivity index (χ3v) is 5.33. The molecular weight excluding hydrogens is 266 g/mol. The van der Waals surface area contributed by atoms with Crippen molar-refractivity contribution in [2.75, 3.05) is 12.3 Å². The number of carbonyl (C=O) groups is 1. The zero-order chi connectivity index (χ0) is 14.7. The molecule has 112 valence electrons. The number of nitrogens with zero attached hydrogens (tertiary/aromatic N) is 1. The van der Waals surface area contributed by atoms with Crippen LogP contribution in [0.5, 0.6) is 0 Å². The average molecular weight is 291 g/mol. The summed E-state index contributed by atoms with van der Waals surface area (Å²) in [4.78, 5) is 11.3. The van der Waals surface area contributed by atoms with E-state index in [9.17, 15) is 18.3 Å². The van der Waals surface area contributed by atoms with Crippen molar-refractivity contribution in [2.24, 2.45) is 5.41 Å². The van der Waals surface area contributed by atoms with Gasteiger partial charge in [0.15, 0.2) is 0 Å². The summed E-state index contributed by atoms with van der Waals surface area (Å²) in [6, 6.07) is -0.882. The molecule has 6 heteroatoms. The van der Waals surface area contributed by atoms with Crippen molar-refractivity contribution in [3.05, 3.63) is 0 Å². The smallest absolute Gasteiger partial charge is 0.322 e. The van der Waals surface area contributed by atoms with Crippen LogP contribution in [0, 0.1) is 5.41 Å². The topological polar surface area (TPSA) is 74.7 Å². The van der Waals surface area contributed by atoms with Crippen LogP contribution in [0.1, 0.15) is 52.9 Å². The Labute approximate surface area is 116 Å². The highest BCUT2D eigenvalue weighted by molar-refractivity contribution is 7.89. The third-order valence-electron chi connectivity index (χ3n) is 3.46. The van der Waals surface area contributed by atoms with Crippen LogP contribution >= 0.6 is 0 Å². The number of hydrogen-bond donors (Lipinski definition) is 1. The maximum absolute atomic E-state index is 12.4. The first kappa shape index (κ1) is 16.4. The third kappa shape index (κ3) is 5.10. The van der Waals surface area contributed by atoms with E-state index in [4.69, 9.17) is 0 Å². The molecule has 1 atom stereocenters. The van der Waals surface area contributed by atoms with Gasteiger partial charge in [-0.1, -0.05) is 33.6 Å². The van der Waals surface area contributed by atoms with Crippen molar-refractivity contribution in [2.45, 2.75) is 58.9 Å². The highest BCUT2D eigenvalue weighted by Gasteiger charge is 2.35. The first-order valence-corrected chi connectivity index (χ1v) is 8.47. The molecule has 0 aromatic rings. The molecule has 1 N–H and O–H groups in total. The van der Waals surface area contributed by atoms with E-state index < -0.39 is 22.0 Å². The van der Waals surface area contributed by atoms with Crippen molar-refractivity contribution >= 4 is 16.0 Å². The molecule has 1 rings (SSSR count). The quantitative estimate of drug-likeness (QED) is 0.860. The van der Waals surface area contributed by atoms with Gasteiger partial charge >= 0.3 is 5.97 Å². The first-order valence-electron chi connectivity index (χ1n) is 6.86. The molecule has 0 radical (unpaired) electrons. The number of carboxylic acids is 1. The Morgan fingerprint density at radius 2 is 1.89 bits per heavy atom. The molecule has 0 aromatic heterocycles. The highest BCUT2D eigenvalue weighted by atomic mass is 32.2. The van der Waals surface area contributed by atoms with Gasteiger partial charge in [-0.15, -0.1) is 0 Å². The van der Waals surface area contributed by atoms with Crippen LogP contribution in [0.2, 0.25) is 0 Å². The van der Waals surface area contributed by atoms with Crippen LogP contribution in [-0.4, -0.2) is 42.1 Å². The van der Waals surface area contributed by atoms with Crippen LogP contribution in [0.15, 0.2) is 0 Å². The van der Waals surface area contributed by atoms with E-state index in [0.717, 1.165) is 19.3 Å². The molecule has 0 aromatic carbocycles. The van der Waals surface area contributed by atoms with Crippen LogP contribution in [0.4, 0.5) is 0 Å². The number of aliphatic carboxylic acids is 1. The lowest BCUT2D eigenvalue weighted by atomic mass is 9.94. The zero-order valence-corrected chi connectivity index (χ0v) is 12.9. The summed E-state index contributed by atoms with van der Waals surface area (Å²) < 4.78 is 25.9. The van der Waals surface area contributed by atoms with Gasteiger partial charge in [0, 0.05) is 6.54 Å². The summed E-state index contributed by atoms with van der Waals surface area (Å²) >= 11 is 0. The fourth-order valence-electron chi connectivity index (χ4n) is 2.21. The molecule has 1 aliphatic rings. The predicted molar refractivity (Wildman–Crippen MR) is 74.5 cm³/mol. The van der Waals surface area contributed by atoms with Crippen molar-refractivity contribution in [3.8, 4) is 0 Å². The Bertz CT molecular complexity index is 411. The van der Waals surface area contributed by atoms with E-state index in [1.807, 2.05) is 20.8 Å². The summed E-state index contributed by atoms with van der Waals surface area (Å²) in [5, 5.41) is 9.22. The van der Waals surface area contributed by atoms with Gasteiger partial charge < -0.3 is 5.11 Å². The maximum Gasteiger partial charge on any atom is 0.322 e. The first-order chi connectivity index (χ1) is 8.63. The van der Waals surface area contributed by atoms with Crippen LogP contribution in [-0.2, 0) is 14.8 Å². The fourth-order valence-corrected chi connectivity index (χ4v) is 4.31. The molecule has 0 bridgehead atoms. The van der Waals surface area contributed by atoms with Gasteiger partial charge in [0.2, 0.25) is 10.0 Å². The molecule has 5 nitrogen and oxygen atoms in total. The Morgan fingerprint density at radius 1 is 1.26 bits per heavy atom. The van der Waals surface area contributed by atoms with Gasteiger partial charge in [-0.3, -0.25) is 4.79 Å². The molecule has 0 saturated carbocycles. The van der Waals surface area contributed by atoms with Gasteiger partial charge in [-0.05, 0) is 24.7 Å². The van der Waals surface area contributed by atoms with E-state index in [1.165, 1.54) is 4.31 Å². The zero-order valence-electron chi connectivity index (χ0n) is 12.1. The van der Waals surface area contributed by atoms with Crippen molar-refractivity contribution in [1.29, 1.82) is 0 Å². The Hall–Kier alpha value is -0.620. The average Bonchev–Trinajstić information content (AvgIpc) is 2.51. The lowest BCUT2D eigenvalue weighted by molar-refractivity contribution is -0.141. The summed E-state index contributed by atoms with van der Waals surface area (Å²) in [6.45, 7) is 6.29. The molecular formula is C13H25NO4S. The molecule has 0 aliphatic carbocycles. The molecule has 0 amide bonds. The van der Waals surface area contributed by atoms with E-state index >= 15 is 0 Å². The molecule has 1 aliphatic heterocycles. The van der Waals surface area contributed by atoms with Gasteiger partial charge in [0.05, 0.1) is 5.75 Å². The Morgan fingerprint density at radius 3 is 2.42 bits per heavy atom. The monoisotopic (exact) mass is 291 g/mol. The van der Waals surface area contributed by atoms with Crippen molar-refractivity contribution in [1.82, 2.24) is 4.31 Å². The fraction of sp³-hybridized carbons (Fsp3) is 0.923. The molecule has 19 heavy (non-hydrogen) atoms. The minimum Gasteiger partial charge on any atom is -0.480 e. The maximum atomic E-state index is 12.4. The number of sulfonamides is 1. The van der Waals surface area contributed by atoms with Gasteiger partial charge in [0.1, 0.15) is 6.04 Å². The number of hydrogen-bond acceptors (Lipinski definition) is 3. The second kappa shape index (κ2) is 6.22. The minimum absolute atomic E-state index is 0.0281. The Kier molecular flexibility index (Phi) is 5.38. The van der Waals surface area contributed by atoms with Crippen LogP contribution < -0.4 is 0 Å². The van der Waals surface area contributed by atoms with Gasteiger partial charge in [0.25, 0.3) is 0 Å². The lowest BCUT2D eigenvalue weighted by Crippen LogP contribution is -2.45. The van der Waals surface area contributed by atoms with E-state index in [-0.39, 0.29) is 11.2 Å². The molecule has 1 fully saturated rings. The second-order valence-electron chi connectivity index (χ2n) is 6.44. The van der Waals surface area contributed by atoms with E-state index in [1.54, 1.807) is 0 Å². The van der Waals surface area contributed by atoms with Gasteiger partial charge in [-0.2, -0.15) is 4.31 Å². The predicted octanol–water partition coefficient (Wildman–Crippen LogP) is 2.08. The lowest BCUT2D eigenvalue weighted by Gasteiger charge is -2.27. The normalized spacial score (nSPS) is 23.0. The molecule has 0 spiro atoms. The minimum atomic E-state index is -3.48. The second-order valence-corrected chi connectivity index (χ2v) is 8.48. The van der Waals surface area contributed by atoms with Crippen LogP contribution in [0.3, 0.4) is 0 Å². The molecule has 1 unspecified atom stereocenters. The van der Waals surface area contributed by atoms with Crippen LogP contribution in [0.25, 0.3) is 0 Å². The standard InChI is InChI=1S/C13H25NO4S/c1-13(2,3)8-10-19(17,18)14-9-6-4-5-7-11(14)12(15)16/h11H,4-10H2,1-3H3,(H,15,16). The van der Waals surface area contributed by atoms with Crippen molar-refractivity contribution < 1.29 is 18.3 Å². The van der Waals surface area contributed by atoms with E-state index in [2.05, 4.69) is 0 Å². The molecule has 1 heterocycles. The SMILES string of the molecule is CC(C)(C)CCS(=O)(=O)N1CCCCCC1C(=O)O. The summed E-state index contributed by atoms with van der Waals surface area (Å²) in [5.74, 6) is -0.999. The number of rotatable bonds is 4. The molecule has 1 saturated heterocycles. The Balaban J connectivity index is 2.85. The summed E-state index contributed by atoms with van der Waals surface area (Å²) in [7, 11) is -3.48. The van der Waals surface area contributed by atoms with Crippen molar-refractivity contribution in [3.63, 3.8) is 0 Å². The summed E-state index contributed by atoms with van der Waals surface area (Å²) in [5.41, 5.74) is -0.0718. The number of carboxylic acid groups (broad SMARTS) is 1. The van der Waals surface area contributed by atoms with Gasteiger partial charge in [-0.25, -0.2) is 8.42 Å². The summed E-state index contributed by atoms with van der Waals surface area (Å²) in [6.07, 6.45) is 3.39. The largest absolute Gasteiger partial charge is 0.480 e. The highest BCUT2D eigenvalue weighted by Crippen LogP contribution is 2.24. The van der Waals surface area contributed by atoms with E-state index in [0.29, 0.717) is 19.4 Å².